The number of nitrogens with zero attached hydrogens (tertiary/aromatic N) is 1. The summed E-state index contributed by atoms with van der Waals surface area (Å²) < 4.78 is 34.5. The molecule has 0 amide bonds. The van der Waals surface area contributed by atoms with Crippen LogP contribution in [0.2, 0.25) is 0 Å². The predicted octanol–water partition coefficient (Wildman–Crippen LogP) is 12.0. The minimum atomic E-state index is -4.53. The SMILES string of the molecule is CCCCC/C=C\C/C=C\C/C=C\CCCCCCC(=O)OC(COCCCCCCCCCCCCCCCC)COP(=O)([O-])OCC[N+](C)(C)C. The molecule has 0 radical (unpaired) electrons. The number of rotatable bonds is 40. The Morgan fingerprint density at radius 1 is 0.585 bits per heavy atom. The van der Waals surface area contributed by atoms with E-state index in [1.807, 2.05) is 21.1 Å². The highest BCUT2D eigenvalue weighted by Gasteiger charge is 2.20. The van der Waals surface area contributed by atoms with Crippen LogP contribution in [0.15, 0.2) is 36.5 Å². The molecule has 0 saturated heterocycles. The standard InChI is InChI=1S/C44H84NO7P/c1-6-8-10-12-14-16-18-20-22-23-24-25-27-29-31-33-35-37-44(46)52-43(42-51-53(47,48)50-40-38-45(3,4)5)41-49-39-36-34-32-30-28-26-21-19-17-15-13-11-9-7-2/h14,16,20,22,24-25,43H,6-13,15,17-19,21,23,26-42H2,1-5H3/b16-14-,22-20-,25-24-. The third-order valence-electron chi connectivity index (χ3n) is 9.19. The summed E-state index contributed by atoms with van der Waals surface area (Å²) in [5.41, 5.74) is 0. The van der Waals surface area contributed by atoms with E-state index >= 15 is 0 Å². The number of quaternary nitrogens is 1. The van der Waals surface area contributed by atoms with Gasteiger partial charge in [0.05, 0.1) is 34.4 Å². The van der Waals surface area contributed by atoms with E-state index in [-0.39, 0.29) is 32.2 Å². The first-order chi connectivity index (χ1) is 25.6. The summed E-state index contributed by atoms with van der Waals surface area (Å²) in [6.45, 7) is 5.37. The Labute approximate surface area is 327 Å². The Kier molecular flexibility index (Phi) is 36.7. The molecule has 53 heavy (non-hydrogen) atoms. The lowest BCUT2D eigenvalue weighted by Crippen LogP contribution is -2.37. The van der Waals surface area contributed by atoms with Crippen LogP contribution < -0.4 is 4.89 Å². The van der Waals surface area contributed by atoms with E-state index in [1.165, 1.54) is 103 Å². The maximum Gasteiger partial charge on any atom is 0.306 e. The molecule has 0 rings (SSSR count). The molecule has 2 unspecified atom stereocenters. The fraction of sp³-hybridized carbons (Fsp3) is 0.841. The first-order valence-electron chi connectivity index (χ1n) is 21.7. The van der Waals surface area contributed by atoms with Gasteiger partial charge in [-0.3, -0.25) is 9.36 Å². The van der Waals surface area contributed by atoms with E-state index in [0.717, 1.165) is 57.8 Å². The number of carbonyl (C=O) groups excluding carboxylic acids is 1. The normalized spacial score (nSPS) is 14.2. The van der Waals surface area contributed by atoms with Crippen LogP contribution >= 0.6 is 7.82 Å². The quantitative estimate of drug-likeness (QED) is 0.0201. The average Bonchev–Trinajstić information content (AvgIpc) is 3.11. The molecule has 0 aliphatic heterocycles. The number of esters is 1. The number of phosphoric ester groups is 1. The fourth-order valence-electron chi connectivity index (χ4n) is 5.79. The van der Waals surface area contributed by atoms with Gasteiger partial charge >= 0.3 is 5.97 Å². The van der Waals surface area contributed by atoms with Crippen LogP contribution in [0.5, 0.6) is 0 Å². The molecule has 0 aromatic rings. The van der Waals surface area contributed by atoms with E-state index in [4.69, 9.17) is 18.5 Å². The Morgan fingerprint density at radius 3 is 1.58 bits per heavy atom. The van der Waals surface area contributed by atoms with Crippen molar-refractivity contribution in [1.82, 2.24) is 0 Å². The zero-order valence-electron chi connectivity index (χ0n) is 35.2. The van der Waals surface area contributed by atoms with E-state index in [0.29, 0.717) is 17.6 Å². The van der Waals surface area contributed by atoms with Gasteiger partial charge in [-0.1, -0.05) is 159 Å². The molecule has 0 aromatic heterocycles. The van der Waals surface area contributed by atoms with E-state index in [1.54, 1.807) is 0 Å². The van der Waals surface area contributed by atoms with Crippen molar-refractivity contribution >= 4 is 13.8 Å². The number of unbranched alkanes of at least 4 members (excludes halogenated alkanes) is 20. The Hall–Kier alpha value is -1.28. The van der Waals surface area contributed by atoms with Crippen LogP contribution in [-0.4, -0.2) is 70.7 Å². The topological polar surface area (TPSA) is 94.1 Å². The number of allylic oxidation sites excluding steroid dienone is 6. The minimum absolute atomic E-state index is 0.0221. The van der Waals surface area contributed by atoms with Gasteiger partial charge in [0.15, 0.2) is 0 Å². The highest BCUT2D eigenvalue weighted by molar-refractivity contribution is 7.45. The molecule has 0 fully saturated rings. The zero-order valence-corrected chi connectivity index (χ0v) is 36.1. The van der Waals surface area contributed by atoms with E-state index in [9.17, 15) is 14.3 Å². The first kappa shape index (κ1) is 51.7. The summed E-state index contributed by atoms with van der Waals surface area (Å²) in [6, 6.07) is 0. The van der Waals surface area contributed by atoms with Crippen LogP contribution in [0, 0.1) is 0 Å². The Balaban J connectivity index is 4.29. The fourth-order valence-corrected chi connectivity index (χ4v) is 6.52. The van der Waals surface area contributed by atoms with Crippen molar-refractivity contribution in [1.29, 1.82) is 0 Å². The van der Waals surface area contributed by atoms with Crippen LogP contribution in [0.25, 0.3) is 0 Å². The van der Waals surface area contributed by atoms with E-state index in [2.05, 4.69) is 50.3 Å². The smallest absolute Gasteiger partial charge is 0.306 e. The summed E-state index contributed by atoms with van der Waals surface area (Å²) in [5, 5.41) is 0. The molecule has 2 atom stereocenters. The summed E-state index contributed by atoms with van der Waals surface area (Å²) in [7, 11) is 1.34. The summed E-state index contributed by atoms with van der Waals surface area (Å²) in [5.74, 6) is -0.354. The van der Waals surface area contributed by atoms with Gasteiger partial charge < -0.3 is 27.9 Å². The van der Waals surface area contributed by atoms with Crippen LogP contribution in [-0.2, 0) is 27.9 Å². The molecule has 0 spiro atoms. The number of ether oxygens (including phenoxy) is 2. The van der Waals surface area contributed by atoms with Gasteiger partial charge in [0, 0.05) is 13.0 Å². The number of carbonyl (C=O) groups is 1. The van der Waals surface area contributed by atoms with E-state index < -0.39 is 13.9 Å². The van der Waals surface area contributed by atoms with Crippen molar-refractivity contribution in [2.24, 2.45) is 0 Å². The molecular formula is C44H84NO7P. The lowest BCUT2D eigenvalue weighted by molar-refractivity contribution is -0.870. The highest BCUT2D eigenvalue weighted by atomic mass is 31.2. The largest absolute Gasteiger partial charge is 0.756 e. The second kappa shape index (κ2) is 37.6. The molecule has 0 heterocycles. The maximum absolute atomic E-state index is 12.7. The third-order valence-corrected chi connectivity index (χ3v) is 10.2. The molecule has 0 saturated carbocycles. The van der Waals surface area contributed by atoms with Crippen molar-refractivity contribution in [3.63, 3.8) is 0 Å². The molecule has 0 aliphatic carbocycles. The van der Waals surface area contributed by atoms with Crippen molar-refractivity contribution in [2.45, 2.75) is 187 Å². The van der Waals surface area contributed by atoms with Crippen LogP contribution in [0.3, 0.4) is 0 Å². The Morgan fingerprint density at radius 2 is 1.04 bits per heavy atom. The summed E-state index contributed by atoms with van der Waals surface area (Å²) in [4.78, 5) is 25.0. The minimum Gasteiger partial charge on any atom is -0.756 e. The zero-order chi connectivity index (χ0) is 39.1. The number of phosphoric acid groups is 1. The lowest BCUT2D eigenvalue weighted by atomic mass is 10.0. The molecule has 0 bridgehead atoms. The van der Waals surface area contributed by atoms with Gasteiger partial charge in [0.2, 0.25) is 0 Å². The summed E-state index contributed by atoms with van der Waals surface area (Å²) >= 11 is 0. The van der Waals surface area contributed by atoms with Crippen LogP contribution in [0.4, 0.5) is 0 Å². The number of likely N-dealkylation sites (N-methyl/N-ethyl adjacent to an activating group) is 1. The van der Waals surface area contributed by atoms with Crippen molar-refractivity contribution in [3.8, 4) is 0 Å². The van der Waals surface area contributed by atoms with Crippen molar-refractivity contribution in [2.75, 3.05) is 54.1 Å². The number of hydrogen-bond acceptors (Lipinski definition) is 7. The first-order valence-corrected chi connectivity index (χ1v) is 23.2. The summed E-state index contributed by atoms with van der Waals surface area (Å²) in [6.07, 6.45) is 42.9. The van der Waals surface area contributed by atoms with Gasteiger partial charge in [0.1, 0.15) is 19.3 Å². The van der Waals surface area contributed by atoms with Crippen LogP contribution in [0.1, 0.15) is 181 Å². The van der Waals surface area contributed by atoms with Gasteiger partial charge in [0.25, 0.3) is 7.82 Å². The highest BCUT2D eigenvalue weighted by Crippen LogP contribution is 2.38. The van der Waals surface area contributed by atoms with Crippen molar-refractivity contribution in [3.05, 3.63) is 36.5 Å². The monoisotopic (exact) mass is 770 g/mol. The predicted molar refractivity (Wildman–Crippen MR) is 222 cm³/mol. The van der Waals surface area contributed by atoms with Crippen molar-refractivity contribution < 1.29 is 37.3 Å². The van der Waals surface area contributed by atoms with Gasteiger partial charge in [-0.2, -0.15) is 0 Å². The Bertz CT molecular complexity index is 947. The average molecular weight is 770 g/mol. The molecular weight excluding hydrogens is 685 g/mol. The van der Waals surface area contributed by atoms with Gasteiger partial charge in [-0.15, -0.1) is 0 Å². The molecule has 8 nitrogen and oxygen atoms in total. The maximum atomic E-state index is 12.7. The molecule has 0 N–H and O–H groups in total. The second-order valence-corrected chi connectivity index (χ2v) is 17.1. The second-order valence-electron chi connectivity index (χ2n) is 15.7. The molecule has 9 heteroatoms. The molecule has 312 valence electrons. The lowest BCUT2D eigenvalue weighted by Gasteiger charge is -2.28. The van der Waals surface area contributed by atoms with Gasteiger partial charge in [-0.05, 0) is 51.4 Å². The number of hydrogen-bond donors (Lipinski definition) is 0. The van der Waals surface area contributed by atoms with Gasteiger partial charge in [-0.25, -0.2) is 0 Å². The molecule has 0 aromatic carbocycles. The molecule has 0 aliphatic rings. The third kappa shape index (κ3) is 41.7.